The van der Waals surface area contributed by atoms with Crippen LogP contribution in [-0.2, 0) is 11.2 Å². The normalized spacial score (nSPS) is 11.5. The van der Waals surface area contributed by atoms with Crippen LogP contribution in [0.5, 0.6) is 0 Å². The summed E-state index contributed by atoms with van der Waals surface area (Å²) in [6.45, 7) is 5.52. The molecule has 0 aliphatic rings. The fourth-order valence-corrected chi connectivity index (χ4v) is 1.99. The van der Waals surface area contributed by atoms with E-state index in [4.69, 9.17) is 23.2 Å². The summed E-state index contributed by atoms with van der Waals surface area (Å²) in [6.07, 6.45) is 1.15. The predicted octanol–water partition coefficient (Wildman–Crippen LogP) is 4.13. The number of benzene rings is 1. The van der Waals surface area contributed by atoms with Crippen LogP contribution in [0.4, 0.5) is 5.69 Å². The highest BCUT2D eigenvalue weighted by Crippen LogP contribution is 2.33. The van der Waals surface area contributed by atoms with Gasteiger partial charge in [0.25, 0.3) is 0 Å². The number of hydrogen-bond donors (Lipinski definition) is 1. The lowest BCUT2D eigenvalue weighted by Gasteiger charge is -2.09. The standard InChI is InChI=1S/C13H16Cl2N2O/c1-4-9-11(7-6-10(14)13(9)15)16-8(3)17-12(18)5-2/h6-7H,4-5H2,1-3H3,(H,16,17,18). The molecular formula is C13H16Cl2N2O. The summed E-state index contributed by atoms with van der Waals surface area (Å²) in [6, 6.07) is 3.51. The molecule has 0 atom stereocenters. The fraction of sp³-hybridized carbons (Fsp3) is 0.385. The minimum atomic E-state index is -0.0608. The number of nitrogens with zero attached hydrogens (tertiary/aromatic N) is 1. The van der Waals surface area contributed by atoms with Crippen LogP contribution in [0.25, 0.3) is 0 Å². The molecule has 1 rings (SSSR count). The third kappa shape index (κ3) is 3.72. The van der Waals surface area contributed by atoms with Crippen molar-refractivity contribution in [2.45, 2.75) is 33.6 Å². The van der Waals surface area contributed by atoms with Crippen molar-refractivity contribution in [3.63, 3.8) is 0 Å². The van der Waals surface area contributed by atoms with Crippen LogP contribution in [0.1, 0.15) is 32.8 Å². The van der Waals surface area contributed by atoms with Crippen LogP contribution in [0.2, 0.25) is 10.0 Å². The first-order valence-corrected chi connectivity index (χ1v) is 6.57. The van der Waals surface area contributed by atoms with Gasteiger partial charge in [0.05, 0.1) is 15.7 Å². The van der Waals surface area contributed by atoms with Crippen LogP contribution in [0.15, 0.2) is 17.1 Å². The summed E-state index contributed by atoms with van der Waals surface area (Å²) in [4.78, 5) is 15.6. The minimum absolute atomic E-state index is 0.0608. The monoisotopic (exact) mass is 286 g/mol. The molecule has 0 spiro atoms. The SMILES string of the molecule is CCC(=O)NC(C)=Nc1ccc(Cl)c(Cl)c1CC. The molecule has 0 bridgehead atoms. The highest BCUT2D eigenvalue weighted by Gasteiger charge is 2.09. The van der Waals surface area contributed by atoms with E-state index in [2.05, 4.69) is 10.3 Å². The molecule has 0 heterocycles. The molecule has 0 saturated carbocycles. The molecule has 0 unspecified atom stereocenters. The zero-order valence-corrected chi connectivity index (χ0v) is 12.2. The van der Waals surface area contributed by atoms with Gasteiger partial charge in [-0.2, -0.15) is 0 Å². The Hall–Kier alpha value is -1.06. The van der Waals surface area contributed by atoms with Gasteiger partial charge in [-0.15, -0.1) is 0 Å². The maximum absolute atomic E-state index is 11.2. The third-order valence-corrected chi connectivity index (χ3v) is 3.30. The van der Waals surface area contributed by atoms with Crippen LogP contribution in [0.3, 0.4) is 0 Å². The minimum Gasteiger partial charge on any atom is -0.314 e. The maximum atomic E-state index is 11.2. The van der Waals surface area contributed by atoms with Crippen LogP contribution < -0.4 is 5.32 Å². The summed E-state index contributed by atoms with van der Waals surface area (Å²) >= 11 is 12.1. The number of halogens is 2. The molecule has 0 aliphatic carbocycles. The van der Waals surface area contributed by atoms with Gasteiger partial charge in [0.1, 0.15) is 5.84 Å². The second-order valence-corrected chi connectivity index (χ2v) is 4.60. The van der Waals surface area contributed by atoms with E-state index in [1.54, 1.807) is 26.0 Å². The van der Waals surface area contributed by atoms with Crippen LogP contribution >= 0.6 is 23.2 Å². The Morgan fingerprint density at radius 2 is 2.00 bits per heavy atom. The molecule has 1 N–H and O–H groups in total. The second-order valence-electron chi connectivity index (χ2n) is 3.81. The van der Waals surface area contributed by atoms with Gasteiger partial charge in [0.2, 0.25) is 5.91 Å². The van der Waals surface area contributed by atoms with E-state index in [-0.39, 0.29) is 5.91 Å². The lowest BCUT2D eigenvalue weighted by Crippen LogP contribution is -2.27. The Bertz CT molecular complexity index is 484. The molecule has 98 valence electrons. The van der Waals surface area contributed by atoms with Crippen LogP contribution in [0, 0.1) is 0 Å². The van der Waals surface area contributed by atoms with Gasteiger partial charge >= 0.3 is 0 Å². The first-order valence-electron chi connectivity index (χ1n) is 5.81. The summed E-state index contributed by atoms with van der Waals surface area (Å²) in [5.74, 6) is 0.490. The quantitative estimate of drug-likeness (QED) is 0.659. The predicted molar refractivity (Wildman–Crippen MR) is 77.0 cm³/mol. The fourth-order valence-electron chi connectivity index (χ4n) is 1.52. The zero-order valence-electron chi connectivity index (χ0n) is 10.7. The molecule has 3 nitrogen and oxygen atoms in total. The lowest BCUT2D eigenvalue weighted by molar-refractivity contribution is -0.119. The van der Waals surface area contributed by atoms with E-state index in [0.717, 1.165) is 17.7 Å². The molecule has 0 aromatic heterocycles. The van der Waals surface area contributed by atoms with Gasteiger partial charge in [-0.1, -0.05) is 37.0 Å². The molecule has 0 radical (unpaired) electrons. The molecule has 0 saturated heterocycles. The van der Waals surface area contributed by atoms with E-state index in [0.29, 0.717) is 22.3 Å². The Kier molecular flexibility index (Phi) is 5.63. The van der Waals surface area contributed by atoms with E-state index >= 15 is 0 Å². The van der Waals surface area contributed by atoms with Crippen molar-refractivity contribution >= 4 is 40.6 Å². The Labute approximate surface area is 117 Å². The topological polar surface area (TPSA) is 41.5 Å². The molecule has 1 aromatic carbocycles. The number of nitrogens with one attached hydrogen (secondary N) is 1. The molecule has 1 aromatic rings. The van der Waals surface area contributed by atoms with Gasteiger partial charge in [-0.25, -0.2) is 4.99 Å². The Morgan fingerprint density at radius 3 is 2.56 bits per heavy atom. The van der Waals surface area contributed by atoms with Crippen molar-refractivity contribution in [2.75, 3.05) is 0 Å². The lowest BCUT2D eigenvalue weighted by atomic mass is 10.1. The average molecular weight is 287 g/mol. The van der Waals surface area contributed by atoms with Crippen molar-refractivity contribution in [2.24, 2.45) is 4.99 Å². The number of rotatable bonds is 3. The van der Waals surface area contributed by atoms with Gasteiger partial charge < -0.3 is 5.32 Å². The van der Waals surface area contributed by atoms with Crippen molar-refractivity contribution in [3.8, 4) is 0 Å². The van der Waals surface area contributed by atoms with Crippen molar-refractivity contribution in [1.29, 1.82) is 0 Å². The number of carbonyl (C=O) groups is 1. The maximum Gasteiger partial charge on any atom is 0.224 e. The third-order valence-electron chi connectivity index (χ3n) is 2.45. The van der Waals surface area contributed by atoms with Gasteiger partial charge in [-0.05, 0) is 31.0 Å². The van der Waals surface area contributed by atoms with E-state index in [1.165, 1.54) is 0 Å². The molecule has 0 fully saturated rings. The first-order chi connectivity index (χ1) is 8.49. The average Bonchev–Trinajstić information content (AvgIpc) is 2.34. The largest absolute Gasteiger partial charge is 0.314 e. The first kappa shape index (κ1) is 15.0. The van der Waals surface area contributed by atoms with E-state index in [9.17, 15) is 4.79 Å². The summed E-state index contributed by atoms with van der Waals surface area (Å²) in [5, 5.41) is 3.74. The summed E-state index contributed by atoms with van der Waals surface area (Å²) < 4.78 is 0. The van der Waals surface area contributed by atoms with E-state index < -0.39 is 0 Å². The number of carbonyl (C=O) groups excluding carboxylic acids is 1. The molecule has 18 heavy (non-hydrogen) atoms. The molecular weight excluding hydrogens is 271 g/mol. The molecule has 5 heteroatoms. The van der Waals surface area contributed by atoms with Crippen LogP contribution in [-0.4, -0.2) is 11.7 Å². The number of amidine groups is 1. The number of hydrogen-bond acceptors (Lipinski definition) is 2. The van der Waals surface area contributed by atoms with Gasteiger partial charge in [0, 0.05) is 6.42 Å². The smallest absolute Gasteiger partial charge is 0.224 e. The highest BCUT2D eigenvalue weighted by molar-refractivity contribution is 6.42. The highest BCUT2D eigenvalue weighted by atomic mass is 35.5. The number of amides is 1. The van der Waals surface area contributed by atoms with Gasteiger partial charge in [-0.3, -0.25) is 4.79 Å². The molecule has 1 amide bonds. The molecule has 0 aliphatic heterocycles. The zero-order chi connectivity index (χ0) is 13.7. The van der Waals surface area contributed by atoms with Crippen molar-refractivity contribution in [3.05, 3.63) is 27.7 Å². The van der Waals surface area contributed by atoms with Crippen molar-refractivity contribution < 1.29 is 4.79 Å². The second kappa shape index (κ2) is 6.76. The Balaban J connectivity index is 3.07. The Morgan fingerprint density at radius 1 is 1.33 bits per heavy atom. The van der Waals surface area contributed by atoms with E-state index in [1.807, 2.05) is 6.92 Å². The van der Waals surface area contributed by atoms with Crippen molar-refractivity contribution in [1.82, 2.24) is 5.32 Å². The number of aliphatic imine (C=N–C) groups is 1. The summed E-state index contributed by atoms with van der Waals surface area (Å²) in [7, 11) is 0. The van der Waals surface area contributed by atoms with Gasteiger partial charge in [0.15, 0.2) is 0 Å². The summed E-state index contributed by atoms with van der Waals surface area (Å²) in [5.41, 5.74) is 1.62.